The second kappa shape index (κ2) is 8.97. The number of carbonyl (C=O) groups is 2. The maximum absolute atomic E-state index is 13.7. The van der Waals surface area contributed by atoms with Crippen LogP contribution in [0.15, 0.2) is 47.6 Å². The first kappa shape index (κ1) is 20.0. The van der Waals surface area contributed by atoms with Gasteiger partial charge < -0.3 is 4.90 Å². The number of piperidine rings is 1. The number of nitrogens with one attached hydrogen (secondary N) is 1. The first-order valence-corrected chi connectivity index (χ1v) is 9.47. The molecule has 2 aromatic carbocycles. The molecule has 1 aliphatic heterocycles. The second-order valence-electron chi connectivity index (χ2n) is 6.75. The number of hydrogen-bond donors (Lipinski definition) is 1. The number of nitrogens with zero attached hydrogens (tertiary/aromatic N) is 2. The molecule has 0 saturated carbocycles. The summed E-state index contributed by atoms with van der Waals surface area (Å²) in [5, 5.41) is 4.05. The smallest absolute Gasteiger partial charge is 0.254 e. The molecule has 1 aliphatic rings. The number of likely N-dealkylation sites (tertiary alicyclic amines) is 1. The summed E-state index contributed by atoms with van der Waals surface area (Å²) in [6.07, 6.45) is 2.31. The molecule has 5 nitrogen and oxygen atoms in total. The molecule has 146 valence electrons. The predicted octanol–water partition coefficient (Wildman–Crippen LogP) is 3.79. The number of carbonyl (C=O) groups excluding carboxylic acids is 2. The molecule has 0 atom stereocenters. The normalized spacial score (nSPS) is 15.0. The number of hydrogen-bond acceptors (Lipinski definition) is 3. The summed E-state index contributed by atoms with van der Waals surface area (Å²) in [4.78, 5) is 26.7. The molecule has 0 spiro atoms. The van der Waals surface area contributed by atoms with Crippen LogP contribution in [0.25, 0.3) is 0 Å². The maximum Gasteiger partial charge on any atom is 0.254 e. The van der Waals surface area contributed by atoms with Crippen molar-refractivity contribution in [3.63, 3.8) is 0 Å². The van der Waals surface area contributed by atoms with Gasteiger partial charge in [0, 0.05) is 30.1 Å². The molecule has 0 bridgehead atoms. The van der Waals surface area contributed by atoms with Crippen LogP contribution in [-0.4, -0.2) is 36.0 Å². The Kier molecular flexibility index (Phi) is 6.41. The Morgan fingerprint density at radius 2 is 1.89 bits per heavy atom. The molecule has 0 aliphatic carbocycles. The van der Waals surface area contributed by atoms with Crippen molar-refractivity contribution >= 4 is 29.6 Å². The van der Waals surface area contributed by atoms with Gasteiger partial charge in [-0.3, -0.25) is 9.59 Å². The summed E-state index contributed by atoms with van der Waals surface area (Å²) in [6.45, 7) is 2.93. The molecule has 28 heavy (non-hydrogen) atoms. The molecule has 7 heteroatoms. The third-order valence-electron chi connectivity index (χ3n) is 4.90. The van der Waals surface area contributed by atoms with Crippen molar-refractivity contribution in [3.05, 3.63) is 70.0 Å². The molecule has 0 aromatic heterocycles. The van der Waals surface area contributed by atoms with Gasteiger partial charge in [-0.25, -0.2) is 9.82 Å². The van der Waals surface area contributed by atoms with E-state index in [4.69, 9.17) is 11.6 Å². The van der Waals surface area contributed by atoms with E-state index in [0.29, 0.717) is 31.5 Å². The van der Waals surface area contributed by atoms with Crippen molar-refractivity contribution in [1.29, 1.82) is 0 Å². The first-order valence-electron chi connectivity index (χ1n) is 9.09. The Labute approximate surface area is 168 Å². The zero-order chi connectivity index (χ0) is 20.1. The molecule has 1 heterocycles. The molecule has 1 fully saturated rings. The zero-order valence-electron chi connectivity index (χ0n) is 15.5. The van der Waals surface area contributed by atoms with E-state index < -0.39 is 5.82 Å². The van der Waals surface area contributed by atoms with Crippen LogP contribution in [0.5, 0.6) is 0 Å². The lowest BCUT2D eigenvalue weighted by atomic mass is 9.95. The van der Waals surface area contributed by atoms with Gasteiger partial charge in [0.15, 0.2) is 0 Å². The third kappa shape index (κ3) is 4.57. The fourth-order valence-electron chi connectivity index (χ4n) is 3.21. The fraction of sp³-hybridized carbons (Fsp3) is 0.286. The summed E-state index contributed by atoms with van der Waals surface area (Å²) in [5.41, 5.74) is 4.20. The maximum atomic E-state index is 13.7. The lowest BCUT2D eigenvalue weighted by Crippen LogP contribution is -2.42. The predicted molar refractivity (Wildman–Crippen MR) is 107 cm³/mol. The highest BCUT2D eigenvalue weighted by molar-refractivity contribution is 6.33. The topological polar surface area (TPSA) is 61.8 Å². The van der Waals surface area contributed by atoms with Crippen LogP contribution in [0.3, 0.4) is 0 Å². The van der Waals surface area contributed by atoms with Crippen molar-refractivity contribution in [2.24, 2.45) is 11.0 Å². The lowest BCUT2D eigenvalue weighted by molar-refractivity contribution is -0.126. The highest BCUT2D eigenvalue weighted by Gasteiger charge is 2.28. The largest absolute Gasteiger partial charge is 0.339 e. The van der Waals surface area contributed by atoms with Gasteiger partial charge in [0.1, 0.15) is 5.82 Å². The standard InChI is InChI=1S/C21H21ClFN3O2/c1-14-5-2-3-6-16(14)21(28)26-11-9-15(10-12-26)20(27)25-24-13-17-18(22)7-4-8-19(17)23/h2-8,13,15H,9-12H2,1H3,(H,25,27)/b24-13-. The van der Waals surface area contributed by atoms with E-state index in [0.717, 1.165) is 5.56 Å². The van der Waals surface area contributed by atoms with E-state index in [-0.39, 0.29) is 28.3 Å². The Morgan fingerprint density at radius 3 is 2.57 bits per heavy atom. The summed E-state index contributed by atoms with van der Waals surface area (Å²) in [6, 6.07) is 11.8. The van der Waals surface area contributed by atoms with Crippen LogP contribution in [0, 0.1) is 18.7 Å². The monoisotopic (exact) mass is 401 g/mol. The van der Waals surface area contributed by atoms with E-state index in [1.54, 1.807) is 11.0 Å². The van der Waals surface area contributed by atoms with Crippen LogP contribution >= 0.6 is 11.6 Å². The minimum Gasteiger partial charge on any atom is -0.339 e. The van der Waals surface area contributed by atoms with Crippen LogP contribution in [0.2, 0.25) is 5.02 Å². The van der Waals surface area contributed by atoms with E-state index in [1.807, 2.05) is 31.2 Å². The zero-order valence-corrected chi connectivity index (χ0v) is 16.2. The van der Waals surface area contributed by atoms with Gasteiger partial charge >= 0.3 is 0 Å². The molecule has 2 amide bonds. The average Bonchev–Trinajstić information content (AvgIpc) is 2.70. The van der Waals surface area contributed by atoms with Gasteiger partial charge in [-0.1, -0.05) is 35.9 Å². The molecule has 1 saturated heterocycles. The molecule has 3 rings (SSSR count). The van der Waals surface area contributed by atoms with Gasteiger partial charge in [0.25, 0.3) is 5.91 Å². The number of aryl methyl sites for hydroxylation is 1. The molecular formula is C21H21ClFN3O2. The molecule has 0 radical (unpaired) electrons. The Morgan fingerprint density at radius 1 is 1.18 bits per heavy atom. The highest BCUT2D eigenvalue weighted by Crippen LogP contribution is 2.21. The van der Waals surface area contributed by atoms with Crippen LogP contribution in [-0.2, 0) is 4.79 Å². The highest BCUT2D eigenvalue weighted by atomic mass is 35.5. The Balaban J connectivity index is 1.53. The van der Waals surface area contributed by atoms with Gasteiger partial charge in [0.05, 0.1) is 11.2 Å². The average molecular weight is 402 g/mol. The summed E-state index contributed by atoms with van der Waals surface area (Å²) < 4.78 is 13.7. The van der Waals surface area contributed by atoms with Crippen LogP contribution in [0.1, 0.15) is 34.3 Å². The number of rotatable bonds is 4. The minimum absolute atomic E-state index is 0.0100. The fourth-order valence-corrected chi connectivity index (χ4v) is 3.43. The molecule has 0 unspecified atom stereocenters. The Hall–Kier alpha value is -2.73. The van der Waals surface area contributed by atoms with Crippen molar-refractivity contribution in [3.8, 4) is 0 Å². The van der Waals surface area contributed by atoms with Crippen molar-refractivity contribution in [2.45, 2.75) is 19.8 Å². The van der Waals surface area contributed by atoms with Crippen LogP contribution in [0.4, 0.5) is 4.39 Å². The quantitative estimate of drug-likeness (QED) is 0.625. The van der Waals surface area contributed by atoms with E-state index in [2.05, 4.69) is 10.5 Å². The number of amides is 2. The molecule has 2 aromatic rings. The van der Waals surface area contributed by atoms with Gasteiger partial charge in [-0.05, 0) is 43.5 Å². The SMILES string of the molecule is Cc1ccccc1C(=O)N1CCC(C(=O)N/N=C\c2c(F)cccc2Cl)CC1. The van der Waals surface area contributed by atoms with Gasteiger partial charge in [-0.15, -0.1) is 0 Å². The molecule has 1 N–H and O–H groups in total. The van der Waals surface area contributed by atoms with Crippen LogP contribution < -0.4 is 5.43 Å². The minimum atomic E-state index is -0.506. The van der Waals surface area contributed by atoms with Crippen molar-refractivity contribution < 1.29 is 14.0 Å². The third-order valence-corrected chi connectivity index (χ3v) is 5.23. The summed E-state index contributed by atoms with van der Waals surface area (Å²) in [5.74, 6) is -1.00. The van der Waals surface area contributed by atoms with E-state index in [9.17, 15) is 14.0 Å². The number of benzene rings is 2. The van der Waals surface area contributed by atoms with Gasteiger partial charge in [0.2, 0.25) is 5.91 Å². The summed E-state index contributed by atoms with van der Waals surface area (Å²) in [7, 11) is 0. The lowest BCUT2D eigenvalue weighted by Gasteiger charge is -2.31. The van der Waals surface area contributed by atoms with Crippen molar-refractivity contribution in [2.75, 3.05) is 13.1 Å². The van der Waals surface area contributed by atoms with Crippen molar-refractivity contribution in [1.82, 2.24) is 10.3 Å². The van der Waals surface area contributed by atoms with E-state index in [1.165, 1.54) is 18.3 Å². The number of halogens is 2. The Bertz CT molecular complexity index is 888. The first-order chi connectivity index (χ1) is 13.5. The molecular weight excluding hydrogens is 381 g/mol. The van der Waals surface area contributed by atoms with Gasteiger partial charge in [-0.2, -0.15) is 5.10 Å². The second-order valence-corrected chi connectivity index (χ2v) is 7.16. The summed E-state index contributed by atoms with van der Waals surface area (Å²) >= 11 is 5.92. The van der Waals surface area contributed by atoms with E-state index >= 15 is 0 Å². The number of hydrazone groups is 1.